The largest absolute Gasteiger partial charge is 0.339 e. The Morgan fingerprint density at radius 1 is 1.25 bits per heavy atom. The predicted octanol–water partition coefficient (Wildman–Crippen LogP) is 2.67. The van der Waals surface area contributed by atoms with Gasteiger partial charge in [0.15, 0.2) is 0 Å². The Balaban J connectivity index is 1.65. The van der Waals surface area contributed by atoms with Gasteiger partial charge in [0, 0.05) is 12.8 Å². The van der Waals surface area contributed by atoms with Crippen molar-refractivity contribution in [1.29, 1.82) is 0 Å². The minimum absolute atomic E-state index is 0.00682. The number of rotatable bonds is 2. The van der Waals surface area contributed by atoms with Crippen LogP contribution >= 0.6 is 0 Å². The Bertz CT molecular complexity index is 954. The number of benzene rings is 1. The van der Waals surface area contributed by atoms with Gasteiger partial charge in [-0.1, -0.05) is 17.3 Å². The SMILES string of the molecule is CC(=O)N1Cc2c(-c3noc(C4CC4)n3)ncn2-c2ccccc21. The molecule has 7 heteroatoms. The van der Waals surface area contributed by atoms with Gasteiger partial charge in [-0.3, -0.25) is 9.36 Å². The van der Waals surface area contributed by atoms with Crippen LogP contribution in [0.15, 0.2) is 35.1 Å². The zero-order chi connectivity index (χ0) is 16.3. The molecule has 2 aromatic heterocycles. The second-order valence-electron chi connectivity index (χ2n) is 6.23. The molecule has 0 saturated heterocycles. The highest BCUT2D eigenvalue weighted by atomic mass is 16.5. The van der Waals surface area contributed by atoms with Crippen molar-refractivity contribution in [2.45, 2.75) is 32.2 Å². The van der Waals surface area contributed by atoms with Crippen LogP contribution in [0.2, 0.25) is 0 Å². The molecule has 5 rings (SSSR count). The van der Waals surface area contributed by atoms with Gasteiger partial charge in [-0.05, 0) is 25.0 Å². The molecule has 0 unspecified atom stereocenters. The van der Waals surface area contributed by atoms with Gasteiger partial charge in [0.1, 0.15) is 12.0 Å². The van der Waals surface area contributed by atoms with E-state index in [0.29, 0.717) is 29.9 Å². The molecule has 2 aliphatic rings. The second kappa shape index (κ2) is 4.77. The molecule has 0 N–H and O–H groups in total. The summed E-state index contributed by atoms with van der Waals surface area (Å²) in [5.74, 6) is 1.58. The lowest BCUT2D eigenvalue weighted by Crippen LogP contribution is -2.33. The van der Waals surface area contributed by atoms with Crippen LogP contribution in [0.25, 0.3) is 17.2 Å². The molecule has 1 saturated carbocycles. The smallest absolute Gasteiger partial charge is 0.230 e. The van der Waals surface area contributed by atoms with Crippen LogP contribution in [-0.2, 0) is 11.3 Å². The standard InChI is InChI=1S/C17H15N5O2/c1-10(23)21-8-14-15(16-19-17(24-20-16)11-6-7-11)18-9-22(14)13-5-3-2-4-12(13)21/h2-5,9,11H,6-8H2,1H3. The number of hydrogen-bond donors (Lipinski definition) is 0. The molecule has 0 radical (unpaired) electrons. The first kappa shape index (κ1) is 13.5. The average Bonchev–Trinajstić information content (AvgIpc) is 3.17. The van der Waals surface area contributed by atoms with Crippen molar-refractivity contribution < 1.29 is 9.32 Å². The summed E-state index contributed by atoms with van der Waals surface area (Å²) >= 11 is 0. The third kappa shape index (κ3) is 1.90. The van der Waals surface area contributed by atoms with E-state index in [1.807, 2.05) is 28.8 Å². The molecule has 1 fully saturated rings. The Morgan fingerprint density at radius 3 is 2.79 bits per heavy atom. The number of anilines is 1. The molecular weight excluding hydrogens is 306 g/mol. The van der Waals surface area contributed by atoms with E-state index in [-0.39, 0.29) is 5.91 Å². The highest BCUT2D eigenvalue weighted by Gasteiger charge is 2.32. The predicted molar refractivity (Wildman–Crippen MR) is 85.7 cm³/mol. The third-order valence-corrected chi connectivity index (χ3v) is 4.57. The third-order valence-electron chi connectivity index (χ3n) is 4.57. The minimum atomic E-state index is -0.00682. The fourth-order valence-electron chi connectivity index (χ4n) is 3.16. The summed E-state index contributed by atoms with van der Waals surface area (Å²) in [6.45, 7) is 2.01. The molecule has 120 valence electrons. The topological polar surface area (TPSA) is 77.1 Å². The minimum Gasteiger partial charge on any atom is -0.339 e. The first-order valence-electron chi connectivity index (χ1n) is 8.00. The fourth-order valence-corrected chi connectivity index (χ4v) is 3.16. The summed E-state index contributed by atoms with van der Waals surface area (Å²) in [5, 5.41) is 4.09. The van der Waals surface area contributed by atoms with Gasteiger partial charge in [-0.25, -0.2) is 4.98 Å². The molecule has 1 aliphatic heterocycles. The number of carbonyl (C=O) groups excluding carboxylic acids is 1. The number of fused-ring (bicyclic) bond motifs is 3. The van der Waals surface area contributed by atoms with Crippen molar-refractivity contribution in [3.05, 3.63) is 42.2 Å². The monoisotopic (exact) mass is 321 g/mol. The number of nitrogens with zero attached hydrogens (tertiary/aromatic N) is 5. The Labute approximate surface area is 137 Å². The molecule has 0 spiro atoms. The summed E-state index contributed by atoms with van der Waals surface area (Å²) in [7, 11) is 0. The summed E-state index contributed by atoms with van der Waals surface area (Å²) in [6.07, 6.45) is 3.97. The van der Waals surface area contributed by atoms with Gasteiger partial charge in [0.25, 0.3) is 0 Å². The van der Waals surface area contributed by atoms with E-state index in [9.17, 15) is 4.79 Å². The molecule has 7 nitrogen and oxygen atoms in total. The second-order valence-corrected chi connectivity index (χ2v) is 6.23. The molecule has 24 heavy (non-hydrogen) atoms. The zero-order valence-corrected chi connectivity index (χ0v) is 13.1. The van der Waals surface area contributed by atoms with E-state index in [1.54, 1.807) is 18.2 Å². The van der Waals surface area contributed by atoms with Crippen LogP contribution in [0.1, 0.15) is 37.3 Å². The first-order chi connectivity index (χ1) is 11.7. The Hall–Kier alpha value is -2.96. The number of amides is 1. The Morgan fingerprint density at radius 2 is 2.04 bits per heavy atom. The van der Waals surface area contributed by atoms with E-state index in [4.69, 9.17) is 4.52 Å². The number of hydrogen-bond acceptors (Lipinski definition) is 5. The van der Waals surface area contributed by atoms with Crippen molar-refractivity contribution in [1.82, 2.24) is 19.7 Å². The van der Waals surface area contributed by atoms with E-state index >= 15 is 0 Å². The van der Waals surface area contributed by atoms with Crippen LogP contribution in [0.5, 0.6) is 0 Å². The van der Waals surface area contributed by atoms with Crippen LogP contribution < -0.4 is 4.90 Å². The van der Waals surface area contributed by atoms with E-state index in [1.165, 1.54) is 0 Å². The maximum Gasteiger partial charge on any atom is 0.230 e. The van der Waals surface area contributed by atoms with Gasteiger partial charge in [-0.2, -0.15) is 4.98 Å². The lowest BCUT2D eigenvalue weighted by atomic mass is 10.1. The maximum absolute atomic E-state index is 12.1. The molecular formula is C17H15N5O2. The summed E-state index contributed by atoms with van der Waals surface area (Å²) in [4.78, 5) is 22.8. The molecule has 3 aromatic rings. The number of para-hydroxylation sites is 2. The quantitative estimate of drug-likeness (QED) is 0.725. The molecule has 3 heterocycles. The van der Waals surface area contributed by atoms with Crippen molar-refractivity contribution in [3.63, 3.8) is 0 Å². The highest BCUT2D eigenvalue weighted by molar-refractivity contribution is 5.94. The van der Waals surface area contributed by atoms with Gasteiger partial charge in [-0.15, -0.1) is 0 Å². The van der Waals surface area contributed by atoms with Crippen molar-refractivity contribution >= 4 is 11.6 Å². The fraction of sp³-hybridized carbons (Fsp3) is 0.294. The van der Waals surface area contributed by atoms with Crippen molar-refractivity contribution in [2.24, 2.45) is 0 Å². The maximum atomic E-state index is 12.1. The van der Waals surface area contributed by atoms with Crippen molar-refractivity contribution in [3.8, 4) is 17.2 Å². The molecule has 1 aromatic carbocycles. The zero-order valence-electron chi connectivity index (χ0n) is 13.1. The molecule has 1 amide bonds. The van der Waals surface area contributed by atoms with E-state index in [2.05, 4.69) is 15.1 Å². The summed E-state index contributed by atoms with van der Waals surface area (Å²) in [6, 6.07) is 7.80. The number of aromatic nitrogens is 4. The lowest BCUT2D eigenvalue weighted by Gasteiger charge is -2.29. The first-order valence-corrected chi connectivity index (χ1v) is 8.00. The van der Waals surface area contributed by atoms with E-state index < -0.39 is 0 Å². The van der Waals surface area contributed by atoms with Crippen LogP contribution in [0, 0.1) is 0 Å². The number of imidazole rings is 1. The molecule has 1 aliphatic carbocycles. The molecule has 0 bridgehead atoms. The van der Waals surface area contributed by atoms with Crippen LogP contribution in [-0.4, -0.2) is 25.6 Å². The number of carbonyl (C=O) groups is 1. The average molecular weight is 321 g/mol. The van der Waals surface area contributed by atoms with Gasteiger partial charge in [0.05, 0.1) is 23.6 Å². The summed E-state index contributed by atoms with van der Waals surface area (Å²) in [5.41, 5.74) is 3.38. The highest BCUT2D eigenvalue weighted by Crippen LogP contribution is 2.40. The van der Waals surface area contributed by atoms with Crippen molar-refractivity contribution in [2.75, 3.05) is 4.90 Å². The normalized spacial score (nSPS) is 16.0. The summed E-state index contributed by atoms with van der Waals surface area (Å²) < 4.78 is 7.35. The van der Waals surface area contributed by atoms with Gasteiger partial charge >= 0.3 is 0 Å². The van der Waals surface area contributed by atoms with Gasteiger partial charge in [0.2, 0.25) is 17.6 Å². The van der Waals surface area contributed by atoms with Crippen LogP contribution in [0.3, 0.4) is 0 Å². The van der Waals surface area contributed by atoms with Crippen LogP contribution in [0.4, 0.5) is 5.69 Å². The lowest BCUT2D eigenvalue weighted by molar-refractivity contribution is -0.116. The molecule has 0 atom stereocenters. The Kier molecular flexibility index (Phi) is 2.68. The van der Waals surface area contributed by atoms with E-state index in [0.717, 1.165) is 29.9 Å². The van der Waals surface area contributed by atoms with Gasteiger partial charge < -0.3 is 9.42 Å².